The fourth-order valence-corrected chi connectivity index (χ4v) is 2.48. The fourth-order valence-electron chi connectivity index (χ4n) is 1.67. The zero-order chi connectivity index (χ0) is 12.6. The van der Waals surface area contributed by atoms with Crippen LogP contribution in [0.5, 0.6) is 0 Å². The fraction of sp³-hybridized carbons (Fsp3) is 0.500. The zero-order valence-corrected chi connectivity index (χ0v) is 10.9. The third-order valence-corrected chi connectivity index (χ3v) is 3.38. The maximum atomic E-state index is 11.8. The molecule has 0 aliphatic carbocycles. The van der Waals surface area contributed by atoms with Crippen LogP contribution in [0.3, 0.4) is 0 Å². The molecular formula is C12H15NO3S. The number of amides is 2. The Labute approximate surface area is 104 Å². The first kappa shape index (κ1) is 12.1. The smallest absolute Gasteiger partial charge is 0.417 e. The van der Waals surface area contributed by atoms with E-state index < -0.39 is 11.7 Å². The Morgan fingerprint density at radius 3 is 2.71 bits per heavy atom. The van der Waals surface area contributed by atoms with Crippen molar-refractivity contribution in [2.75, 3.05) is 0 Å². The van der Waals surface area contributed by atoms with E-state index in [9.17, 15) is 9.59 Å². The number of hydrogen-bond acceptors (Lipinski definition) is 4. The highest BCUT2D eigenvalue weighted by molar-refractivity contribution is 7.10. The van der Waals surface area contributed by atoms with Crippen LogP contribution >= 0.6 is 11.3 Å². The number of thiophene rings is 1. The average molecular weight is 253 g/mol. The van der Waals surface area contributed by atoms with Crippen molar-refractivity contribution in [3.8, 4) is 0 Å². The Hall–Kier alpha value is -1.36. The lowest BCUT2D eigenvalue weighted by Gasteiger charge is -2.38. The lowest BCUT2D eigenvalue weighted by Crippen LogP contribution is -2.51. The molecule has 1 unspecified atom stereocenters. The van der Waals surface area contributed by atoms with Crippen molar-refractivity contribution >= 4 is 23.3 Å². The van der Waals surface area contributed by atoms with Gasteiger partial charge in [0.2, 0.25) is 5.91 Å². The zero-order valence-electron chi connectivity index (χ0n) is 10.1. The molecule has 1 atom stereocenters. The topological polar surface area (TPSA) is 46.6 Å². The minimum Gasteiger partial charge on any atom is -0.443 e. The van der Waals surface area contributed by atoms with Crippen molar-refractivity contribution in [2.24, 2.45) is 0 Å². The average Bonchev–Trinajstić information content (AvgIpc) is 2.62. The normalized spacial score (nSPS) is 20.1. The highest BCUT2D eigenvalue weighted by Gasteiger charge is 2.44. The van der Waals surface area contributed by atoms with E-state index in [4.69, 9.17) is 4.74 Å². The van der Waals surface area contributed by atoms with Crippen molar-refractivity contribution in [2.45, 2.75) is 38.8 Å². The van der Waals surface area contributed by atoms with Crippen molar-refractivity contribution in [3.05, 3.63) is 22.4 Å². The van der Waals surface area contributed by atoms with E-state index in [0.717, 1.165) is 4.88 Å². The van der Waals surface area contributed by atoms with Gasteiger partial charge in [0.1, 0.15) is 5.60 Å². The second kappa shape index (κ2) is 4.14. The molecule has 1 aliphatic rings. The molecule has 1 saturated heterocycles. The summed E-state index contributed by atoms with van der Waals surface area (Å²) >= 11 is 1.55. The molecule has 2 amide bonds. The van der Waals surface area contributed by atoms with E-state index in [1.54, 1.807) is 32.1 Å². The van der Waals surface area contributed by atoms with E-state index in [0.29, 0.717) is 6.42 Å². The number of carbonyl (C=O) groups excluding carboxylic acids is 2. The lowest BCUT2D eigenvalue weighted by molar-refractivity contribution is -0.144. The quantitative estimate of drug-likeness (QED) is 0.723. The number of likely N-dealkylation sites (tertiary alicyclic amines) is 1. The van der Waals surface area contributed by atoms with Crippen molar-refractivity contribution in [1.29, 1.82) is 0 Å². The Bertz CT molecular complexity index is 433. The predicted molar refractivity (Wildman–Crippen MR) is 64.8 cm³/mol. The second-order valence-electron chi connectivity index (χ2n) is 4.98. The highest BCUT2D eigenvalue weighted by atomic mass is 32.1. The van der Waals surface area contributed by atoms with E-state index in [2.05, 4.69) is 0 Å². The number of nitrogens with zero attached hydrogens (tertiary/aromatic N) is 1. The molecule has 1 fully saturated rings. The van der Waals surface area contributed by atoms with E-state index in [1.807, 2.05) is 17.5 Å². The van der Waals surface area contributed by atoms with Crippen LogP contribution in [0.4, 0.5) is 4.79 Å². The van der Waals surface area contributed by atoms with Gasteiger partial charge in [-0.15, -0.1) is 11.3 Å². The molecule has 0 bridgehead atoms. The van der Waals surface area contributed by atoms with Crippen LogP contribution in [0.2, 0.25) is 0 Å². The summed E-state index contributed by atoms with van der Waals surface area (Å²) in [6.07, 6.45) is -0.160. The molecule has 0 saturated carbocycles. The molecule has 0 aromatic carbocycles. The Morgan fingerprint density at radius 2 is 2.24 bits per heavy atom. The molecule has 2 heterocycles. The van der Waals surface area contributed by atoms with Gasteiger partial charge >= 0.3 is 6.09 Å². The van der Waals surface area contributed by atoms with Crippen LogP contribution in [-0.2, 0) is 9.53 Å². The van der Waals surface area contributed by atoms with Gasteiger partial charge in [0, 0.05) is 4.88 Å². The number of rotatable bonds is 1. The maximum absolute atomic E-state index is 11.8. The molecule has 0 spiro atoms. The summed E-state index contributed by atoms with van der Waals surface area (Å²) in [5.74, 6) is -0.169. The lowest BCUT2D eigenvalue weighted by atomic mass is 10.0. The molecule has 1 aromatic heterocycles. The number of hydrogen-bond donors (Lipinski definition) is 0. The standard InChI is InChI=1S/C12H15NO3S/c1-12(2,3)16-11(15)13-8(7-10(13)14)9-5-4-6-17-9/h4-6,8H,7H2,1-3H3. The van der Waals surface area contributed by atoms with Crippen LogP contribution in [0, 0.1) is 0 Å². The van der Waals surface area contributed by atoms with Gasteiger partial charge in [-0.05, 0) is 32.2 Å². The Morgan fingerprint density at radius 1 is 1.53 bits per heavy atom. The summed E-state index contributed by atoms with van der Waals surface area (Å²) in [5.41, 5.74) is -0.576. The van der Waals surface area contributed by atoms with Crippen molar-refractivity contribution < 1.29 is 14.3 Å². The first-order chi connectivity index (χ1) is 7.88. The highest BCUT2D eigenvalue weighted by Crippen LogP contribution is 2.37. The Kier molecular flexibility index (Phi) is 2.95. The molecule has 0 radical (unpaired) electrons. The summed E-state index contributed by atoms with van der Waals surface area (Å²) in [5, 5.41) is 1.94. The van der Waals surface area contributed by atoms with Crippen molar-refractivity contribution in [3.63, 3.8) is 0 Å². The van der Waals surface area contributed by atoms with E-state index >= 15 is 0 Å². The monoisotopic (exact) mass is 253 g/mol. The molecule has 92 valence electrons. The summed E-state index contributed by atoms with van der Waals surface area (Å²) in [6, 6.07) is 3.70. The molecule has 4 nitrogen and oxygen atoms in total. The van der Waals surface area contributed by atoms with Gasteiger partial charge in [-0.25, -0.2) is 9.69 Å². The van der Waals surface area contributed by atoms with Gasteiger partial charge in [0.15, 0.2) is 0 Å². The third-order valence-electron chi connectivity index (χ3n) is 2.41. The summed E-state index contributed by atoms with van der Waals surface area (Å²) < 4.78 is 5.21. The molecule has 17 heavy (non-hydrogen) atoms. The minimum absolute atomic E-state index is 0.141. The van der Waals surface area contributed by atoms with Gasteiger partial charge in [0.05, 0.1) is 12.5 Å². The van der Waals surface area contributed by atoms with Crippen LogP contribution in [-0.4, -0.2) is 22.5 Å². The van der Waals surface area contributed by atoms with Crippen LogP contribution in [0.1, 0.15) is 38.1 Å². The minimum atomic E-state index is -0.576. The van der Waals surface area contributed by atoms with Crippen LogP contribution in [0.15, 0.2) is 17.5 Å². The number of ether oxygens (including phenoxy) is 1. The number of imide groups is 1. The molecule has 1 aliphatic heterocycles. The molecule has 1 aromatic rings. The maximum Gasteiger partial charge on any atom is 0.417 e. The SMILES string of the molecule is CC(C)(C)OC(=O)N1C(=O)CC1c1cccs1. The first-order valence-corrected chi connectivity index (χ1v) is 6.35. The predicted octanol–water partition coefficient (Wildman–Crippen LogP) is 2.96. The van der Waals surface area contributed by atoms with Gasteiger partial charge < -0.3 is 4.74 Å². The van der Waals surface area contributed by atoms with E-state index in [1.165, 1.54) is 4.90 Å². The first-order valence-electron chi connectivity index (χ1n) is 5.47. The van der Waals surface area contributed by atoms with Gasteiger partial charge in [0.25, 0.3) is 0 Å². The molecule has 0 N–H and O–H groups in total. The van der Waals surface area contributed by atoms with Gasteiger partial charge in [-0.1, -0.05) is 6.07 Å². The van der Waals surface area contributed by atoms with Crippen LogP contribution in [0.25, 0.3) is 0 Å². The second-order valence-corrected chi connectivity index (χ2v) is 5.96. The van der Waals surface area contributed by atoms with Gasteiger partial charge in [-0.3, -0.25) is 4.79 Å². The summed E-state index contributed by atoms with van der Waals surface area (Å²) in [7, 11) is 0. The van der Waals surface area contributed by atoms with Crippen LogP contribution < -0.4 is 0 Å². The molecule has 5 heteroatoms. The Balaban J connectivity index is 2.09. The van der Waals surface area contributed by atoms with Crippen molar-refractivity contribution in [1.82, 2.24) is 4.90 Å². The number of β-lactam (4-membered cyclic amide) rings is 1. The third kappa shape index (κ3) is 2.49. The number of carbonyl (C=O) groups is 2. The largest absolute Gasteiger partial charge is 0.443 e. The van der Waals surface area contributed by atoms with E-state index in [-0.39, 0.29) is 11.9 Å². The summed E-state index contributed by atoms with van der Waals surface area (Å²) in [6.45, 7) is 5.36. The molecular weight excluding hydrogens is 238 g/mol. The molecule has 2 rings (SSSR count). The van der Waals surface area contributed by atoms with Gasteiger partial charge in [-0.2, -0.15) is 0 Å². The summed E-state index contributed by atoms with van der Waals surface area (Å²) in [4.78, 5) is 25.6.